The Hall–Kier alpha value is -2.94. The summed E-state index contributed by atoms with van der Waals surface area (Å²) in [6.45, 7) is 0.893. The van der Waals surface area contributed by atoms with Crippen molar-refractivity contribution in [1.82, 2.24) is 4.98 Å². The fourth-order valence-electron chi connectivity index (χ4n) is 3.01. The molecule has 27 heavy (non-hydrogen) atoms. The zero-order valence-corrected chi connectivity index (χ0v) is 14.8. The van der Waals surface area contributed by atoms with Crippen molar-refractivity contribution in [3.05, 3.63) is 51.4 Å². The second-order valence-electron chi connectivity index (χ2n) is 6.15. The zero-order chi connectivity index (χ0) is 19.6. The van der Waals surface area contributed by atoms with Gasteiger partial charge in [-0.15, -0.1) is 0 Å². The quantitative estimate of drug-likeness (QED) is 0.450. The third kappa shape index (κ3) is 4.25. The molecule has 0 spiro atoms. The summed E-state index contributed by atoms with van der Waals surface area (Å²) in [5, 5.41) is 22.9. The first kappa shape index (κ1) is 18.8. The number of nitro groups is 1. The van der Waals surface area contributed by atoms with E-state index < -0.39 is 22.6 Å². The predicted octanol–water partition coefficient (Wildman–Crippen LogP) is 3.83. The minimum absolute atomic E-state index is 0.0708. The molecule has 3 rings (SSSR count). The number of rotatable bonds is 5. The van der Waals surface area contributed by atoms with E-state index in [1.165, 1.54) is 18.2 Å². The van der Waals surface area contributed by atoms with E-state index in [-0.39, 0.29) is 22.3 Å². The maximum absolute atomic E-state index is 14.6. The number of piperidine rings is 1. The van der Waals surface area contributed by atoms with E-state index in [0.717, 1.165) is 0 Å². The Bertz CT molecular complexity index is 887. The molecule has 1 saturated heterocycles. The zero-order valence-electron chi connectivity index (χ0n) is 14.1. The molecular formula is C17H16ClFN4O4. The van der Waals surface area contributed by atoms with E-state index in [4.69, 9.17) is 16.7 Å². The summed E-state index contributed by atoms with van der Waals surface area (Å²) in [6, 6.07) is 6.86. The maximum atomic E-state index is 14.6. The van der Waals surface area contributed by atoms with Gasteiger partial charge in [-0.3, -0.25) is 14.9 Å². The van der Waals surface area contributed by atoms with Crippen molar-refractivity contribution in [3.63, 3.8) is 0 Å². The number of aliphatic carboxylic acids is 1. The van der Waals surface area contributed by atoms with Gasteiger partial charge in [0.05, 0.1) is 16.5 Å². The molecule has 0 aliphatic carbocycles. The van der Waals surface area contributed by atoms with Crippen LogP contribution in [0.5, 0.6) is 0 Å². The van der Waals surface area contributed by atoms with Crippen LogP contribution in [-0.2, 0) is 4.79 Å². The van der Waals surface area contributed by atoms with Crippen LogP contribution in [0, 0.1) is 21.8 Å². The number of nitrogens with one attached hydrogen (secondary N) is 1. The minimum atomic E-state index is -0.828. The van der Waals surface area contributed by atoms with E-state index in [0.29, 0.717) is 31.6 Å². The van der Waals surface area contributed by atoms with Crippen molar-refractivity contribution in [2.24, 2.45) is 5.92 Å². The lowest BCUT2D eigenvalue weighted by Crippen LogP contribution is -2.36. The number of hydrogen-bond donors (Lipinski definition) is 2. The van der Waals surface area contributed by atoms with Gasteiger partial charge >= 0.3 is 11.7 Å². The standard InChI is InChI=1S/C17H16ClFN4O4/c18-15-4-3-14(23(26)27)16(21-15)20-11-1-2-13(12(19)9-11)22-7-5-10(6-8-22)17(24)25/h1-4,9-10H,5-8H2,(H,20,21)(H,24,25). The summed E-state index contributed by atoms with van der Waals surface area (Å²) in [7, 11) is 0. The normalized spacial score (nSPS) is 14.8. The van der Waals surface area contributed by atoms with Gasteiger partial charge in [-0.2, -0.15) is 0 Å². The van der Waals surface area contributed by atoms with Crippen molar-refractivity contribution in [1.29, 1.82) is 0 Å². The number of carbonyl (C=O) groups is 1. The van der Waals surface area contributed by atoms with Gasteiger partial charge in [-0.25, -0.2) is 9.37 Å². The van der Waals surface area contributed by atoms with Gasteiger partial charge < -0.3 is 15.3 Å². The highest BCUT2D eigenvalue weighted by molar-refractivity contribution is 6.29. The lowest BCUT2D eigenvalue weighted by atomic mass is 9.96. The second kappa shape index (κ2) is 7.75. The van der Waals surface area contributed by atoms with E-state index in [9.17, 15) is 19.3 Å². The van der Waals surface area contributed by atoms with Gasteiger partial charge in [-0.1, -0.05) is 11.6 Å². The molecule has 1 aliphatic rings. The molecule has 1 aromatic heterocycles. The number of benzene rings is 1. The van der Waals surface area contributed by atoms with Crippen molar-refractivity contribution in [3.8, 4) is 0 Å². The van der Waals surface area contributed by atoms with Crippen molar-refractivity contribution < 1.29 is 19.2 Å². The molecule has 0 bridgehead atoms. The second-order valence-corrected chi connectivity index (χ2v) is 6.54. The molecule has 0 radical (unpaired) electrons. The van der Waals surface area contributed by atoms with Crippen LogP contribution in [0.4, 0.5) is 27.3 Å². The molecule has 1 fully saturated rings. The molecule has 0 unspecified atom stereocenters. The van der Waals surface area contributed by atoms with Crippen molar-refractivity contribution in [2.75, 3.05) is 23.3 Å². The lowest BCUT2D eigenvalue weighted by Gasteiger charge is -2.32. The Morgan fingerprint density at radius 1 is 1.33 bits per heavy atom. The molecule has 142 valence electrons. The average molecular weight is 395 g/mol. The van der Waals surface area contributed by atoms with Gasteiger partial charge in [0, 0.05) is 24.8 Å². The summed E-state index contributed by atoms with van der Waals surface area (Å²) in [5.74, 6) is -1.83. The molecule has 0 saturated carbocycles. The summed E-state index contributed by atoms with van der Waals surface area (Å²) in [5.41, 5.74) is 0.368. The fourth-order valence-corrected chi connectivity index (χ4v) is 3.16. The molecule has 2 aromatic rings. The number of carboxylic acid groups (broad SMARTS) is 1. The van der Waals surface area contributed by atoms with Crippen LogP contribution in [0.2, 0.25) is 5.15 Å². The summed E-state index contributed by atoms with van der Waals surface area (Å²) in [6.07, 6.45) is 0.904. The van der Waals surface area contributed by atoms with Crippen LogP contribution in [0.3, 0.4) is 0 Å². The summed E-state index contributed by atoms with van der Waals surface area (Å²) in [4.78, 5) is 27.2. The molecule has 2 heterocycles. The Labute approximate surface area is 158 Å². The predicted molar refractivity (Wildman–Crippen MR) is 98.2 cm³/mol. The van der Waals surface area contributed by atoms with Crippen LogP contribution in [-0.4, -0.2) is 34.1 Å². The first-order chi connectivity index (χ1) is 12.8. The Morgan fingerprint density at radius 2 is 2.04 bits per heavy atom. The third-order valence-electron chi connectivity index (χ3n) is 4.43. The summed E-state index contributed by atoms with van der Waals surface area (Å²) < 4.78 is 14.6. The molecule has 10 heteroatoms. The van der Waals surface area contributed by atoms with Gasteiger partial charge in [0.25, 0.3) is 0 Å². The number of halogens is 2. The molecular weight excluding hydrogens is 379 g/mol. The van der Waals surface area contributed by atoms with Gasteiger partial charge in [0.2, 0.25) is 5.82 Å². The monoisotopic (exact) mass is 394 g/mol. The number of hydrogen-bond acceptors (Lipinski definition) is 6. The highest BCUT2D eigenvalue weighted by atomic mass is 35.5. The number of nitrogens with zero attached hydrogens (tertiary/aromatic N) is 3. The highest BCUT2D eigenvalue weighted by Gasteiger charge is 2.26. The molecule has 0 amide bonds. The molecule has 0 atom stereocenters. The summed E-state index contributed by atoms with van der Waals surface area (Å²) >= 11 is 5.78. The van der Waals surface area contributed by atoms with E-state index in [2.05, 4.69) is 10.3 Å². The van der Waals surface area contributed by atoms with Crippen LogP contribution in [0.15, 0.2) is 30.3 Å². The van der Waals surface area contributed by atoms with Crippen LogP contribution in [0.25, 0.3) is 0 Å². The number of pyridine rings is 1. The number of carboxylic acids is 1. The lowest BCUT2D eigenvalue weighted by molar-refractivity contribution is -0.384. The van der Waals surface area contributed by atoms with Crippen LogP contribution < -0.4 is 10.2 Å². The minimum Gasteiger partial charge on any atom is -0.481 e. The Morgan fingerprint density at radius 3 is 2.63 bits per heavy atom. The highest BCUT2D eigenvalue weighted by Crippen LogP contribution is 2.31. The largest absolute Gasteiger partial charge is 0.481 e. The molecule has 1 aromatic carbocycles. The smallest absolute Gasteiger partial charge is 0.311 e. The van der Waals surface area contributed by atoms with Crippen LogP contribution >= 0.6 is 11.6 Å². The van der Waals surface area contributed by atoms with Crippen molar-refractivity contribution >= 4 is 40.5 Å². The van der Waals surface area contributed by atoms with Crippen LogP contribution in [0.1, 0.15) is 12.8 Å². The maximum Gasteiger partial charge on any atom is 0.311 e. The molecule has 2 N–H and O–H groups in total. The van der Waals surface area contributed by atoms with E-state index in [1.807, 2.05) is 0 Å². The molecule has 1 aliphatic heterocycles. The van der Waals surface area contributed by atoms with Crippen molar-refractivity contribution in [2.45, 2.75) is 12.8 Å². The Balaban J connectivity index is 1.77. The van der Waals surface area contributed by atoms with Gasteiger partial charge in [-0.05, 0) is 37.1 Å². The third-order valence-corrected chi connectivity index (χ3v) is 4.64. The average Bonchev–Trinajstić information content (AvgIpc) is 2.62. The Kier molecular flexibility index (Phi) is 5.41. The first-order valence-corrected chi connectivity index (χ1v) is 8.58. The number of aromatic nitrogens is 1. The van der Waals surface area contributed by atoms with E-state index >= 15 is 0 Å². The van der Waals surface area contributed by atoms with E-state index in [1.54, 1.807) is 17.0 Å². The van der Waals surface area contributed by atoms with Gasteiger partial charge in [0.1, 0.15) is 11.0 Å². The SMILES string of the molecule is O=C(O)C1CCN(c2ccc(Nc3nc(Cl)ccc3[N+](=O)[O-])cc2F)CC1. The topological polar surface area (TPSA) is 109 Å². The number of anilines is 3. The fraction of sp³-hybridized carbons (Fsp3) is 0.294. The van der Waals surface area contributed by atoms with Gasteiger partial charge in [0.15, 0.2) is 0 Å². The molecule has 8 nitrogen and oxygen atoms in total. The first-order valence-electron chi connectivity index (χ1n) is 8.20.